The molecule has 0 spiro atoms. The van der Waals surface area contributed by atoms with Crippen molar-refractivity contribution in [3.8, 4) is 22.9 Å². The van der Waals surface area contributed by atoms with Crippen molar-refractivity contribution in [2.75, 3.05) is 6.61 Å². The van der Waals surface area contributed by atoms with Crippen LogP contribution in [0, 0.1) is 11.3 Å². The molecule has 2 aromatic carbocycles. The Hall–Kier alpha value is -2.12. The number of aldehydes is 1. The van der Waals surface area contributed by atoms with Crippen molar-refractivity contribution in [3.63, 3.8) is 0 Å². The van der Waals surface area contributed by atoms with E-state index in [0.717, 1.165) is 11.8 Å². The quantitative estimate of drug-likeness (QED) is 0.790. The van der Waals surface area contributed by atoms with Crippen LogP contribution in [0.5, 0.6) is 5.75 Å². The minimum atomic E-state index is 0.432. The molecule has 100 valence electrons. The van der Waals surface area contributed by atoms with Crippen LogP contribution in [0.1, 0.15) is 22.8 Å². The molecule has 3 nitrogen and oxygen atoms in total. The monoisotopic (exact) mass is 329 g/mol. The summed E-state index contributed by atoms with van der Waals surface area (Å²) in [5, 5.41) is 9.36. The van der Waals surface area contributed by atoms with Gasteiger partial charge in [0.2, 0.25) is 0 Å². The molecular weight excluding hydrogens is 318 g/mol. The van der Waals surface area contributed by atoms with Gasteiger partial charge in [-0.05, 0) is 41.1 Å². The van der Waals surface area contributed by atoms with Gasteiger partial charge in [0, 0.05) is 21.2 Å². The molecule has 2 aromatic rings. The Bertz CT molecular complexity index is 689. The Balaban J connectivity index is 2.78. The zero-order valence-electron chi connectivity index (χ0n) is 10.9. The van der Waals surface area contributed by atoms with E-state index in [0.29, 0.717) is 33.5 Å². The number of rotatable bonds is 4. The Kier molecular flexibility index (Phi) is 4.54. The third kappa shape index (κ3) is 2.59. The summed E-state index contributed by atoms with van der Waals surface area (Å²) in [5.74, 6) is 0.660. The van der Waals surface area contributed by atoms with Crippen LogP contribution < -0.4 is 4.74 Å². The Morgan fingerprint density at radius 1 is 1.30 bits per heavy atom. The van der Waals surface area contributed by atoms with Gasteiger partial charge in [0.05, 0.1) is 12.2 Å². The van der Waals surface area contributed by atoms with Crippen LogP contribution in [0.4, 0.5) is 0 Å². The molecule has 0 radical (unpaired) electrons. The van der Waals surface area contributed by atoms with Gasteiger partial charge >= 0.3 is 0 Å². The summed E-state index contributed by atoms with van der Waals surface area (Å²) in [5.41, 5.74) is 2.24. The van der Waals surface area contributed by atoms with Gasteiger partial charge in [0.15, 0.2) is 6.29 Å². The van der Waals surface area contributed by atoms with Crippen molar-refractivity contribution in [3.05, 3.63) is 52.0 Å². The average Bonchev–Trinajstić information content (AvgIpc) is 2.48. The van der Waals surface area contributed by atoms with Gasteiger partial charge in [0.1, 0.15) is 11.8 Å². The third-order valence-corrected chi connectivity index (χ3v) is 3.54. The van der Waals surface area contributed by atoms with Gasteiger partial charge in [-0.1, -0.05) is 18.2 Å². The van der Waals surface area contributed by atoms with E-state index in [2.05, 4.69) is 22.0 Å². The molecule has 0 aliphatic heterocycles. The van der Waals surface area contributed by atoms with Crippen LogP contribution in [-0.2, 0) is 0 Å². The number of carbonyl (C=O) groups excluding carboxylic acids is 1. The lowest BCUT2D eigenvalue weighted by Crippen LogP contribution is -1.98. The average molecular weight is 330 g/mol. The normalized spacial score (nSPS) is 9.85. The predicted molar refractivity (Wildman–Crippen MR) is 80.8 cm³/mol. The molecule has 0 unspecified atom stereocenters. The zero-order valence-corrected chi connectivity index (χ0v) is 12.5. The van der Waals surface area contributed by atoms with Crippen LogP contribution in [0.25, 0.3) is 11.1 Å². The fourth-order valence-corrected chi connectivity index (χ4v) is 2.46. The summed E-state index contributed by atoms with van der Waals surface area (Å²) in [6, 6.07) is 12.9. The van der Waals surface area contributed by atoms with Crippen LogP contribution in [0.15, 0.2) is 40.9 Å². The van der Waals surface area contributed by atoms with E-state index in [1.807, 2.05) is 31.2 Å². The van der Waals surface area contributed by atoms with E-state index < -0.39 is 0 Å². The van der Waals surface area contributed by atoms with Crippen molar-refractivity contribution in [1.82, 2.24) is 0 Å². The summed E-state index contributed by atoms with van der Waals surface area (Å²) < 4.78 is 6.25. The second-order valence-electron chi connectivity index (χ2n) is 4.05. The lowest BCUT2D eigenvalue weighted by atomic mass is 9.94. The molecule has 0 N–H and O–H groups in total. The van der Waals surface area contributed by atoms with Crippen LogP contribution in [-0.4, -0.2) is 12.9 Å². The maximum Gasteiger partial charge on any atom is 0.150 e. The third-order valence-electron chi connectivity index (χ3n) is 2.88. The molecule has 2 rings (SSSR count). The van der Waals surface area contributed by atoms with Crippen molar-refractivity contribution in [2.24, 2.45) is 0 Å². The van der Waals surface area contributed by atoms with Crippen molar-refractivity contribution >= 4 is 22.2 Å². The first-order chi connectivity index (χ1) is 9.72. The van der Waals surface area contributed by atoms with Crippen LogP contribution in [0.3, 0.4) is 0 Å². The molecule has 0 bridgehead atoms. The highest BCUT2D eigenvalue weighted by Crippen LogP contribution is 2.37. The van der Waals surface area contributed by atoms with E-state index in [4.69, 9.17) is 4.74 Å². The second-order valence-corrected chi connectivity index (χ2v) is 4.90. The zero-order chi connectivity index (χ0) is 14.5. The van der Waals surface area contributed by atoms with Crippen molar-refractivity contribution < 1.29 is 9.53 Å². The Labute approximate surface area is 125 Å². The summed E-state index contributed by atoms with van der Waals surface area (Å²) in [6.45, 7) is 2.41. The highest BCUT2D eigenvalue weighted by molar-refractivity contribution is 9.10. The van der Waals surface area contributed by atoms with Crippen molar-refractivity contribution in [2.45, 2.75) is 6.92 Å². The number of carbonyl (C=O) groups is 1. The number of nitriles is 1. The molecule has 20 heavy (non-hydrogen) atoms. The van der Waals surface area contributed by atoms with E-state index in [1.54, 1.807) is 12.1 Å². The smallest absolute Gasteiger partial charge is 0.150 e. The van der Waals surface area contributed by atoms with E-state index >= 15 is 0 Å². The van der Waals surface area contributed by atoms with Gasteiger partial charge in [-0.2, -0.15) is 5.26 Å². The number of nitrogens with zero attached hydrogens (tertiary/aromatic N) is 1. The Morgan fingerprint density at radius 3 is 2.70 bits per heavy atom. The minimum Gasteiger partial charge on any atom is -0.493 e. The number of ether oxygens (including phenoxy) is 1. The summed E-state index contributed by atoms with van der Waals surface area (Å²) in [4.78, 5) is 11.3. The first-order valence-electron chi connectivity index (χ1n) is 6.12. The largest absolute Gasteiger partial charge is 0.493 e. The Morgan fingerprint density at radius 2 is 2.05 bits per heavy atom. The topological polar surface area (TPSA) is 50.1 Å². The first-order valence-corrected chi connectivity index (χ1v) is 6.92. The number of para-hydroxylation sites is 1. The molecule has 0 saturated carbocycles. The first kappa shape index (κ1) is 14.3. The van der Waals surface area contributed by atoms with E-state index in [1.165, 1.54) is 0 Å². The van der Waals surface area contributed by atoms with Gasteiger partial charge in [-0.3, -0.25) is 4.79 Å². The highest BCUT2D eigenvalue weighted by atomic mass is 79.9. The summed E-state index contributed by atoms with van der Waals surface area (Å²) in [7, 11) is 0. The van der Waals surface area contributed by atoms with E-state index in [9.17, 15) is 10.1 Å². The van der Waals surface area contributed by atoms with Crippen LogP contribution >= 0.6 is 15.9 Å². The molecule has 0 heterocycles. The molecule has 0 aliphatic carbocycles. The molecular formula is C16H12BrNO2. The molecule has 0 amide bonds. The summed E-state index contributed by atoms with van der Waals surface area (Å²) >= 11 is 3.35. The maximum atomic E-state index is 11.3. The number of halogens is 1. The highest BCUT2D eigenvalue weighted by Gasteiger charge is 2.17. The molecule has 0 fully saturated rings. The molecule has 0 atom stereocenters. The SMILES string of the molecule is CCOc1ccccc1-c1c(C=O)ccc(Br)c1C#N. The molecule has 0 saturated heterocycles. The fraction of sp³-hybridized carbons (Fsp3) is 0.125. The lowest BCUT2D eigenvalue weighted by Gasteiger charge is -2.14. The standard InChI is InChI=1S/C16H12BrNO2/c1-2-20-15-6-4-3-5-12(15)16-11(10-19)7-8-14(17)13(16)9-18/h3-8,10H,2H2,1H3. The van der Waals surface area contributed by atoms with Gasteiger partial charge in [0.25, 0.3) is 0 Å². The van der Waals surface area contributed by atoms with Gasteiger partial charge in [-0.25, -0.2) is 0 Å². The molecule has 4 heteroatoms. The molecule has 0 aromatic heterocycles. The van der Waals surface area contributed by atoms with Crippen LogP contribution in [0.2, 0.25) is 0 Å². The number of hydrogen-bond donors (Lipinski definition) is 0. The minimum absolute atomic E-state index is 0.432. The van der Waals surface area contributed by atoms with Crippen molar-refractivity contribution in [1.29, 1.82) is 5.26 Å². The van der Waals surface area contributed by atoms with E-state index in [-0.39, 0.29) is 0 Å². The predicted octanol–water partition coefficient (Wildman–Crippen LogP) is 4.20. The maximum absolute atomic E-state index is 11.3. The van der Waals surface area contributed by atoms with Gasteiger partial charge in [-0.15, -0.1) is 0 Å². The summed E-state index contributed by atoms with van der Waals surface area (Å²) in [6.07, 6.45) is 0.755. The number of hydrogen-bond acceptors (Lipinski definition) is 3. The fourth-order valence-electron chi connectivity index (χ4n) is 2.05. The molecule has 0 aliphatic rings. The second kappa shape index (κ2) is 6.36. The van der Waals surface area contributed by atoms with Gasteiger partial charge < -0.3 is 4.74 Å². The lowest BCUT2D eigenvalue weighted by molar-refractivity contribution is 0.112. The number of benzene rings is 2.